The summed E-state index contributed by atoms with van der Waals surface area (Å²) >= 11 is 0. The van der Waals surface area contributed by atoms with Crippen LogP contribution < -0.4 is 5.32 Å². The molecule has 3 heterocycles. The molecule has 1 aliphatic rings. The molecule has 1 N–H and O–H groups in total. The SMILES string of the molecule is C/C1=C(/c2ccc(-c3ccccc3)cc2)NC(c2cccc3oc4ccccc4c23)N=C(c2cccc3oc4ccccc4c23)CC1. The van der Waals surface area contributed by atoms with Crippen molar-refractivity contribution < 1.29 is 8.83 Å². The van der Waals surface area contributed by atoms with E-state index in [1.165, 1.54) is 16.7 Å². The molecular formula is C43H32N2O2. The summed E-state index contributed by atoms with van der Waals surface area (Å²) in [5.74, 6) is 0. The first-order valence-electron chi connectivity index (χ1n) is 16.2. The maximum Gasteiger partial charge on any atom is 0.145 e. The molecule has 1 unspecified atom stereocenters. The number of para-hydroxylation sites is 2. The van der Waals surface area contributed by atoms with Crippen molar-refractivity contribution in [1.82, 2.24) is 5.32 Å². The Kier molecular flexibility index (Phi) is 6.53. The molecule has 226 valence electrons. The summed E-state index contributed by atoms with van der Waals surface area (Å²) in [5, 5.41) is 8.36. The summed E-state index contributed by atoms with van der Waals surface area (Å²) in [5.41, 5.74) is 12.7. The Bertz CT molecular complexity index is 2500. The molecule has 0 bridgehead atoms. The lowest BCUT2D eigenvalue weighted by Gasteiger charge is -2.26. The van der Waals surface area contributed by atoms with E-state index in [-0.39, 0.29) is 6.17 Å². The number of fused-ring (bicyclic) bond motifs is 6. The number of nitrogens with one attached hydrogen (secondary N) is 1. The van der Waals surface area contributed by atoms with Crippen molar-refractivity contribution in [1.29, 1.82) is 0 Å². The number of hydrogen-bond donors (Lipinski definition) is 1. The van der Waals surface area contributed by atoms with Gasteiger partial charge >= 0.3 is 0 Å². The van der Waals surface area contributed by atoms with Crippen LogP contribution in [0.2, 0.25) is 0 Å². The predicted molar refractivity (Wildman–Crippen MR) is 194 cm³/mol. The highest BCUT2D eigenvalue weighted by molar-refractivity contribution is 6.18. The van der Waals surface area contributed by atoms with Crippen LogP contribution in [0.5, 0.6) is 0 Å². The molecule has 9 rings (SSSR count). The first-order chi connectivity index (χ1) is 23.2. The van der Waals surface area contributed by atoms with Crippen LogP contribution in [0, 0.1) is 0 Å². The minimum atomic E-state index is -0.359. The summed E-state index contributed by atoms with van der Waals surface area (Å²) in [4.78, 5) is 5.61. The molecule has 2 aromatic heterocycles. The molecular weight excluding hydrogens is 576 g/mol. The van der Waals surface area contributed by atoms with Crippen molar-refractivity contribution in [2.75, 3.05) is 0 Å². The van der Waals surface area contributed by atoms with Crippen LogP contribution in [-0.4, -0.2) is 5.71 Å². The van der Waals surface area contributed by atoms with E-state index in [1.54, 1.807) is 0 Å². The van der Waals surface area contributed by atoms with Crippen LogP contribution in [-0.2, 0) is 0 Å². The third-order valence-corrected chi connectivity index (χ3v) is 9.45. The second kappa shape index (κ2) is 11.2. The molecule has 0 amide bonds. The Morgan fingerprint density at radius 3 is 1.85 bits per heavy atom. The van der Waals surface area contributed by atoms with Crippen LogP contribution in [0.25, 0.3) is 60.7 Å². The molecule has 1 atom stereocenters. The largest absolute Gasteiger partial charge is 0.456 e. The molecule has 1 aliphatic heterocycles. The van der Waals surface area contributed by atoms with E-state index in [2.05, 4.69) is 128 Å². The van der Waals surface area contributed by atoms with Gasteiger partial charge in [-0.3, -0.25) is 4.99 Å². The van der Waals surface area contributed by atoms with Gasteiger partial charge in [-0.15, -0.1) is 0 Å². The Morgan fingerprint density at radius 1 is 0.532 bits per heavy atom. The van der Waals surface area contributed by atoms with Crippen LogP contribution in [0.15, 0.2) is 159 Å². The minimum Gasteiger partial charge on any atom is -0.456 e. The molecule has 8 aromatic rings. The fraction of sp³-hybridized carbons (Fsp3) is 0.0930. The molecule has 0 saturated heterocycles. The first-order valence-corrected chi connectivity index (χ1v) is 16.2. The number of benzene rings is 6. The monoisotopic (exact) mass is 608 g/mol. The van der Waals surface area contributed by atoms with Gasteiger partial charge in [0.05, 0.1) is 0 Å². The van der Waals surface area contributed by atoms with Gasteiger partial charge in [0.25, 0.3) is 0 Å². The van der Waals surface area contributed by atoms with Gasteiger partial charge in [-0.05, 0) is 66.3 Å². The molecule has 0 aliphatic carbocycles. The highest BCUT2D eigenvalue weighted by atomic mass is 16.3. The van der Waals surface area contributed by atoms with Crippen molar-refractivity contribution in [3.63, 3.8) is 0 Å². The van der Waals surface area contributed by atoms with Crippen molar-refractivity contribution in [3.05, 3.63) is 162 Å². The molecule has 0 fully saturated rings. The van der Waals surface area contributed by atoms with Crippen molar-refractivity contribution in [3.8, 4) is 11.1 Å². The van der Waals surface area contributed by atoms with E-state index in [0.717, 1.165) is 84.8 Å². The van der Waals surface area contributed by atoms with Crippen molar-refractivity contribution in [2.24, 2.45) is 4.99 Å². The standard InChI is InChI=1S/C43H32N2O2/c1-27-21-26-35(31-15-9-19-38-40(31)32-13-5-7-17-36(32)46-38)44-43(34-16-10-20-39-41(34)33-14-6-8-18-37(33)47-39)45-42(27)30-24-22-29(23-25-30)28-11-3-2-4-12-28/h2-20,22-25,43,45H,21,26H2,1H3/b42-27+,44-35?. The molecule has 6 aromatic carbocycles. The predicted octanol–water partition coefficient (Wildman–Crippen LogP) is 11.5. The number of hydrogen-bond acceptors (Lipinski definition) is 4. The lowest BCUT2D eigenvalue weighted by atomic mass is 9.93. The third kappa shape index (κ3) is 4.72. The van der Waals surface area contributed by atoms with E-state index in [9.17, 15) is 0 Å². The lowest BCUT2D eigenvalue weighted by molar-refractivity contribution is 0.654. The summed E-state index contributed by atoms with van der Waals surface area (Å²) < 4.78 is 12.6. The maximum absolute atomic E-state index is 6.33. The Hall–Kier alpha value is -5.87. The summed E-state index contributed by atoms with van der Waals surface area (Å²) in [6.07, 6.45) is 1.32. The van der Waals surface area contributed by atoms with Crippen LogP contribution >= 0.6 is 0 Å². The van der Waals surface area contributed by atoms with E-state index >= 15 is 0 Å². The maximum atomic E-state index is 6.33. The highest BCUT2D eigenvalue weighted by Gasteiger charge is 2.24. The Morgan fingerprint density at radius 2 is 1.11 bits per heavy atom. The molecule has 47 heavy (non-hydrogen) atoms. The van der Waals surface area contributed by atoms with Gasteiger partial charge in [-0.1, -0.05) is 115 Å². The number of nitrogens with zero attached hydrogens (tertiary/aromatic N) is 1. The fourth-order valence-corrected chi connectivity index (χ4v) is 7.13. The zero-order valence-electron chi connectivity index (χ0n) is 26.0. The van der Waals surface area contributed by atoms with E-state index in [0.29, 0.717) is 0 Å². The smallest absolute Gasteiger partial charge is 0.145 e. The van der Waals surface area contributed by atoms with E-state index in [1.807, 2.05) is 24.3 Å². The number of allylic oxidation sites excluding steroid dienone is 1. The first kappa shape index (κ1) is 27.4. The van der Waals surface area contributed by atoms with E-state index in [4.69, 9.17) is 13.8 Å². The molecule has 4 heteroatoms. The van der Waals surface area contributed by atoms with E-state index < -0.39 is 0 Å². The molecule has 0 spiro atoms. The zero-order valence-corrected chi connectivity index (χ0v) is 26.0. The molecule has 0 radical (unpaired) electrons. The second-order valence-electron chi connectivity index (χ2n) is 12.3. The van der Waals surface area contributed by atoms with Gasteiger partial charge in [0.2, 0.25) is 0 Å². The summed E-state index contributed by atoms with van der Waals surface area (Å²) in [7, 11) is 0. The van der Waals surface area contributed by atoms with Gasteiger partial charge in [0.15, 0.2) is 0 Å². The summed E-state index contributed by atoms with van der Waals surface area (Å²) in [6.45, 7) is 2.25. The topological polar surface area (TPSA) is 50.7 Å². The Labute approximate surface area is 272 Å². The van der Waals surface area contributed by atoms with Crippen molar-refractivity contribution in [2.45, 2.75) is 25.9 Å². The van der Waals surface area contributed by atoms with Crippen molar-refractivity contribution >= 4 is 55.3 Å². The zero-order chi connectivity index (χ0) is 31.3. The second-order valence-corrected chi connectivity index (χ2v) is 12.3. The number of furan rings is 2. The highest BCUT2D eigenvalue weighted by Crippen LogP contribution is 2.39. The normalized spacial score (nSPS) is 17.1. The number of aliphatic imine (C=N–C) groups is 1. The molecule has 4 nitrogen and oxygen atoms in total. The summed E-state index contributed by atoms with van der Waals surface area (Å²) in [6, 6.07) is 48.6. The quantitative estimate of drug-likeness (QED) is 0.216. The fourth-order valence-electron chi connectivity index (χ4n) is 7.13. The third-order valence-electron chi connectivity index (χ3n) is 9.45. The van der Waals surface area contributed by atoms with Gasteiger partial charge in [0, 0.05) is 44.1 Å². The van der Waals surface area contributed by atoms with Gasteiger partial charge in [-0.2, -0.15) is 0 Å². The van der Waals surface area contributed by atoms with Crippen LogP contribution in [0.1, 0.15) is 42.6 Å². The number of rotatable bonds is 4. The van der Waals surface area contributed by atoms with Gasteiger partial charge < -0.3 is 14.2 Å². The Balaban J connectivity index is 1.22. The van der Waals surface area contributed by atoms with Gasteiger partial charge in [0.1, 0.15) is 28.5 Å². The lowest BCUT2D eigenvalue weighted by Crippen LogP contribution is -2.23. The molecule has 0 saturated carbocycles. The average molecular weight is 609 g/mol. The average Bonchev–Trinajstić information content (AvgIpc) is 3.70. The van der Waals surface area contributed by atoms with Crippen LogP contribution in [0.3, 0.4) is 0 Å². The minimum absolute atomic E-state index is 0.359. The van der Waals surface area contributed by atoms with Crippen LogP contribution in [0.4, 0.5) is 0 Å². The van der Waals surface area contributed by atoms with Gasteiger partial charge in [-0.25, -0.2) is 0 Å².